The van der Waals surface area contributed by atoms with Gasteiger partial charge < -0.3 is 16.0 Å². The number of carbonyl (C=O) groups excluding carboxylic acids is 1. The first-order valence-electron chi connectivity index (χ1n) is 5.19. The van der Waals surface area contributed by atoms with Gasteiger partial charge in [-0.1, -0.05) is 0 Å². The molecule has 1 heterocycles. The fourth-order valence-electron chi connectivity index (χ4n) is 1.28. The second kappa shape index (κ2) is 6.19. The number of H-pyrrole nitrogens is 1. The predicted octanol–water partition coefficient (Wildman–Crippen LogP) is 0.196. The molecule has 1 atom stereocenters. The minimum absolute atomic E-state index is 0.0180. The minimum atomic E-state index is -0.0740. The van der Waals surface area contributed by atoms with Crippen molar-refractivity contribution in [3.8, 4) is 0 Å². The maximum atomic E-state index is 11.2. The van der Waals surface area contributed by atoms with Gasteiger partial charge in [-0.05, 0) is 13.3 Å². The van der Waals surface area contributed by atoms with Crippen molar-refractivity contribution in [2.24, 2.45) is 5.73 Å². The van der Waals surface area contributed by atoms with Gasteiger partial charge in [-0.3, -0.25) is 4.79 Å². The number of nitrogens with zero attached hydrogens (tertiary/aromatic N) is 1. The van der Waals surface area contributed by atoms with Crippen LogP contribution in [0.15, 0.2) is 12.4 Å². The molecule has 5 heteroatoms. The molecule has 0 aliphatic rings. The van der Waals surface area contributed by atoms with Crippen LogP contribution in [-0.4, -0.2) is 28.5 Å². The quantitative estimate of drug-likeness (QED) is 0.586. The zero-order valence-corrected chi connectivity index (χ0v) is 8.99. The summed E-state index contributed by atoms with van der Waals surface area (Å²) in [6.45, 7) is 2.49. The van der Waals surface area contributed by atoms with Gasteiger partial charge in [-0.25, -0.2) is 4.98 Å². The fourth-order valence-corrected chi connectivity index (χ4v) is 1.28. The molecule has 0 aliphatic heterocycles. The summed E-state index contributed by atoms with van der Waals surface area (Å²) in [5, 5.41) is 2.82. The molecule has 1 rings (SSSR count). The molecule has 0 fully saturated rings. The minimum Gasteiger partial charge on any atom is -0.356 e. The van der Waals surface area contributed by atoms with Crippen LogP contribution < -0.4 is 11.1 Å². The molecule has 0 spiro atoms. The van der Waals surface area contributed by atoms with E-state index in [1.807, 2.05) is 6.92 Å². The number of nitrogens with one attached hydrogen (secondary N) is 2. The van der Waals surface area contributed by atoms with Crippen LogP contribution in [0.5, 0.6) is 0 Å². The second-order valence-corrected chi connectivity index (χ2v) is 3.67. The van der Waals surface area contributed by atoms with Gasteiger partial charge in [0.25, 0.3) is 0 Å². The molecule has 1 unspecified atom stereocenters. The Balaban J connectivity index is 2.04. The number of imidazole rings is 1. The lowest BCUT2D eigenvalue weighted by Gasteiger charge is -2.06. The SMILES string of the molecule is CC(N)CC(=O)NCCCc1ncc[nH]1. The van der Waals surface area contributed by atoms with Gasteiger partial charge in [-0.15, -0.1) is 0 Å². The van der Waals surface area contributed by atoms with Crippen LogP contribution in [0.25, 0.3) is 0 Å². The molecule has 15 heavy (non-hydrogen) atoms. The van der Waals surface area contributed by atoms with Crippen LogP contribution in [0.2, 0.25) is 0 Å². The first-order chi connectivity index (χ1) is 7.18. The number of aromatic amines is 1. The Bertz CT molecular complexity index is 282. The molecule has 1 aromatic heterocycles. The normalized spacial score (nSPS) is 12.4. The summed E-state index contributed by atoms with van der Waals surface area (Å²) in [6, 6.07) is -0.0740. The molecule has 4 N–H and O–H groups in total. The molecule has 84 valence electrons. The van der Waals surface area contributed by atoms with E-state index in [4.69, 9.17) is 5.73 Å². The Hall–Kier alpha value is -1.36. The van der Waals surface area contributed by atoms with E-state index < -0.39 is 0 Å². The molecule has 1 aromatic rings. The summed E-state index contributed by atoms with van der Waals surface area (Å²) in [6.07, 6.45) is 5.65. The molecule has 0 saturated heterocycles. The van der Waals surface area contributed by atoms with Gasteiger partial charge in [0.05, 0.1) is 0 Å². The van der Waals surface area contributed by atoms with Crippen LogP contribution in [0, 0.1) is 0 Å². The number of carbonyl (C=O) groups is 1. The van der Waals surface area contributed by atoms with E-state index >= 15 is 0 Å². The highest BCUT2D eigenvalue weighted by Crippen LogP contribution is 1.93. The molecule has 0 aromatic carbocycles. The standard InChI is InChI=1S/C10H18N4O/c1-8(11)7-10(15)14-4-2-3-9-12-5-6-13-9/h5-6,8H,2-4,7,11H2,1H3,(H,12,13)(H,14,15). The van der Waals surface area contributed by atoms with E-state index in [0.717, 1.165) is 18.7 Å². The van der Waals surface area contributed by atoms with Gasteiger partial charge in [0.1, 0.15) is 5.82 Å². The molecule has 0 radical (unpaired) electrons. The highest BCUT2D eigenvalue weighted by Gasteiger charge is 2.03. The summed E-state index contributed by atoms with van der Waals surface area (Å²) in [5.74, 6) is 0.973. The molecule has 0 aliphatic carbocycles. The number of rotatable bonds is 6. The lowest BCUT2D eigenvalue weighted by Crippen LogP contribution is -2.30. The van der Waals surface area contributed by atoms with Gasteiger partial charge in [-0.2, -0.15) is 0 Å². The highest BCUT2D eigenvalue weighted by molar-refractivity contribution is 5.76. The molecule has 5 nitrogen and oxygen atoms in total. The van der Waals surface area contributed by atoms with Crippen molar-refractivity contribution in [1.82, 2.24) is 15.3 Å². The molecular formula is C10H18N4O. The van der Waals surface area contributed by atoms with Gasteiger partial charge in [0.2, 0.25) is 5.91 Å². The van der Waals surface area contributed by atoms with Crippen molar-refractivity contribution < 1.29 is 4.79 Å². The number of hydrogen-bond acceptors (Lipinski definition) is 3. The summed E-state index contributed by atoms with van der Waals surface area (Å²) in [5.41, 5.74) is 5.50. The van der Waals surface area contributed by atoms with E-state index in [-0.39, 0.29) is 11.9 Å². The summed E-state index contributed by atoms with van der Waals surface area (Å²) in [7, 11) is 0. The van der Waals surface area contributed by atoms with Crippen LogP contribution in [0.3, 0.4) is 0 Å². The average Bonchev–Trinajstić information content (AvgIpc) is 2.63. The van der Waals surface area contributed by atoms with Crippen LogP contribution in [-0.2, 0) is 11.2 Å². The summed E-state index contributed by atoms with van der Waals surface area (Å²) in [4.78, 5) is 18.3. The van der Waals surface area contributed by atoms with E-state index in [1.165, 1.54) is 0 Å². The van der Waals surface area contributed by atoms with E-state index in [1.54, 1.807) is 12.4 Å². The zero-order chi connectivity index (χ0) is 11.1. The average molecular weight is 210 g/mol. The van der Waals surface area contributed by atoms with Gasteiger partial charge in [0.15, 0.2) is 0 Å². The number of amides is 1. The molecule has 0 bridgehead atoms. The maximum Gasteiger partial charge on any atom is 0.221 e. The summed E-state index contributed by atoms with van der Waals surface area (Å²) < 4.78 is 0. The second-order valence-electron chi connectivity index (χ2n) is 3.67. The van der Waals surface area contributed by atoms with E-state index in [0.29, 0.717) is 13.0 Å². The molecule has 0 saturated carbocycles. The largest absolute Gasteiger partial charge is 0.356 e. The first kappa shape index (κ1) is 11.7. The molecule has 1 amide bonds. The third kappa shape index (κ3) is 5.17. The smallest absolute Gasteiger partial charge is 0.221 e. The number of hydrogen-bond donors (Lipinski definition) is 3. The Morgan fingerprint density at radius 2 is 2.53 bits per heavy atom. The van der Waals surface area contributed by atoms with Crippen molar-refractivity contribution in [2.75, 3.05) is 6.54 Å². The number of nitrogens with two attached hydrogens (primary N) is 1. The fraction of sp³-hybridized carbons (Fsp3) is 0.600. The third-order valence-electron chi connectivity index (χ3n) is 1.97. The van der Waals surface area contributed by atoms with Gasteiger partial charge in [0, 0.05) is 37.8 Å². The Kier molecular flexibility index (Phi) is 4.83. The highest BCUT2D eigenvalue weighted by atomic mass is 16.1. The van der Waals surface area contributed by atoms with Crippen molar-refractivity contribution in [3.63, 3.8) is 0 Å². The maximum absolute atomic E-state index is 11.2. The number of aromatic nitrogens is 2. The Morgan fingerprint density at radius 3 is 3.13 bits per heavy atom. The van der Waals surface area contributed by atoms with Crippen molar-refractivity contribution in [1.29, 1.82) is 0 Å². The Morgan fingerprint density at radius 1 is 1.73 bits per heavy atom. The summed E-state index contributed by atoms with van der Waals surface area (Å²) >= 11 is 0. The zero-order valence-electron chi connectivity index (χ0n) is 8.99. The van der Waals surface area contributed by atoms with E-state index in [2.05, 4.69) is 15.3 Å². The van der Waals surface area contributed by atoms with Crippen molar-refractivity contribution in [2.45, 2.75) is 32.2 Å². The van der Waals surface area contributed by atoms with Crippen molar-refractivity contribution in [3.05, 3.63) is 18.2 Å². The number of aryl methyl sites for hydroxylation is 1. The predicted molar refractivity (Wildman–Crippen MR) is 58.2 cm³/mol. The topological polar surface area (TPSA) is 83.8 Å². The van der Waals surface area contributed by atoms with Gasteiger partial charge >= 0.3 is 0 Å². The lowest BCUT2D eigenvalue weighted by atomic mass is 10.2. The van der Waals surface area contributed by atoms with E-state index in [9.17, 15) is 4.79 Å². The van der Waals surface area contributed by atoms with Crippen LogP contribution >= 0.6 is 0 Å². The molecular weight excluding hydrogens is 192 g/mol. The van der Waals surface area contributed by atoms with Crippen LogP contribution in [0.4, 0.5) is 0 Å². The Labute approximate surface area is 89.5 Å². The monoisotopic (exact) mass is 210 g/mol. The first-order valence-corrected chi connectivity index (χ1v) is 5.19. The lowest BCUT2D eigenvalue weighted by molar-refractivity contribution is -0.121. The van der Waals surface area contributed by atoms with Crippen molar-refractivity contribution >= 4 is 5.91 Å². The third-order valence-corrected chi connectivity index (χ3v) is 1.97. The van der Waals surface area contributed by atoms with Crippen LogP contribution in [0.1, 0.15) is 25.6 Å².